The number of carbonyl (C=O) groups is 1. The van der Waals surface area contributed by atoms with Crippen molar-refractivity contribution in [2.75, 3.05) is 19.8 Å². The molecule has 6 heteroatoms. The van der Waals surface area contributed by atoms with E-state index in [2.05, 4.69) is 5.32 Å². The van der Waals surface area contributed by atoms with Gasteiger partial charge in [-0.25, -0.2) is 0 Å². The Kier molecular flexibility index (Phi) is 7.26. The molecule has 0 aliphatic carbocycles. The fourth-order valence-corrected chi connectivity index (χ4v) is 2.59. The summed E-state index contributed by atoms with van der Waals surface area (Å²) in [5, 5.41) is 2.85. The Labute approximate surface area is 153 Å². The lowest BCUT2D eigenvalue weighted by atomic mass is 10.1. The Bertz CT molecular complexity index is 799. The summed E-state index contributed by atoms with van der Waals surface area (Å²) in [6, 6.07) is 9.28. The summed E-state index contributed by atoms with van der Waals surface area (Å²) in [4.78, 5) is 24.0. The lowest BCUT2D eigenvalue weighted by Crippen LogP contribution is -2.33. The maximum absolute atomic E-state index is 12.1. The lowest BCUT2D eigenvalue weighted by Gasteiger charge is -2.13. The van der Waals surface area contributed by atoms with Gasteiger partial charge in [0.15, 0.2) is 11.5 Å². The van der Waals surface area contributed by atoms with Crippen molar-refractivity contribution in [2.45, 2.75) is 33.7 Å². The highest BCUT2D eigenvalue weighted by atomic mass is 16.5. The van der Waals surface area contributed by atoms with Crippen LogP contribution < -0.4 is 20.3 Å². The molecular weight excluding hydrogens is 332 g/mol. The zero-order valence-corrected chi connectivity index (χ0v) is 15.6. The normalized spacial score (nSPS) is 10.4. The quantitative estimate of drug-likeness (QED) is 0.747. The van der Waals surface area contributed by atoms with Gasteiger partial charge in [0.25, 0.3) is 5.56 Å². The number of amides is 1. The Morgan fingerprint density at radius 2 is 1.85 bits per heavy atom. The van der Waals surface area contributed by atoms with Gasteiger partial charge in [0.1, 0.15) is 6.54 Å². The van der Waals surface area contributed by atoms with Crippen LogP contribution in [-0.4, -0.2) is 30.2 Å². The van der Waals surface area contributed by atoms with Gasteiger partial charge in [0.05, 0.1) is 13.2 Å². The van der Waals surface area contributed by atoms with Crippen molar-refractivity contribution < 1.29 is 14.3 Å². The van der Waals surface area contributed by atoms with E-state index in [9.17, 15) is 9.59 Å². The summed E-state index contributed by atoms with van der Waals surface area (Å²) in [6.45, 7) is 7.24. The number of hydrogen-bond acceptors (Lipinski definition) is 4. The lowest BCUT2D eigenvalue weighted by molar-refractivity contribution is -0.121. The Morgan fingerprint density at radius 1 is 1.12 bits per heavy atom. The third-order valence-corrected chi connectivity index (χ3v) is 3.87. The van der Waals surface area contributed by atoms with Crippen LogP contribution in [0.5, 0.6) is 11.5 Å². The topological polar surface area (TPSA) is 69.6 Å². The molecule has 0 saturated carbocycles. The van der Waals surface area contributed by atoms with Crippen LogP contribution in [0, 0.1) is 6.92 Å². The maximum atomic E-state index is 12.1. The number of benzene rings is 1. The van der Waals surface area contributed by atoms with E-state index < -0.39 is 0 Å². The van der Waals surface area contributed by atoms with Crippen molar-refractivity contribution >= 4 is 5.91 Å². The van der Waals surface area contributed by atoms with Crippen LogP contribution in [0.25, 0.3) is 0 Å². The van der Waals surface area contributed by atoms with Gasteiger partial charge in [-0.2, -0.15) is 0 Å². The first kappa shape index (κ1) is 19.6. The van der Waals surface area contributed by atoms with Gasteiger partial charge in [-0.15, -0.1) is 0 Å². The average molecular weight is 358 g/mol. The zero-order valence-electron chi connectivity index (χ0n) is 15.6. The third-order valence-electron chi connectivity index (χ3n) is 3.87. The second-order valence-corrected chi connectivity index (χ2v) is 5.87. The van der Waals surface area contributed by atoms with Crippen molar-refractivity contribution in [2.24, 2.45) is 0 Å². The van der Waals surface area contributed by atoms with E-state index in [1.165, 1.54) is 4.57 Å². The van der Waals surface area contributed by atoms with Gasteiger partial charge in [-0.3, -0.25) is 9.59 Å². The molecule has 0 fully saturated rings. The summed E-state index contributed by atoms with van der Waals surface area (Å²) < 4.78 is 12.6. The highest BCUT2D eigenvalue weighted by molar-refractivity contribution is 5.75. The molecule has 26 heavy (non-hydrogen) atoms. The minimum absolute atomic E-state index is 0.0218. The van der Waals surface area contributed by atoms with Gasteiger partial charge in [0.2, 0.25) is 5.91 Å². The molecular formula is C20H26N2O4. The highest BCUT2D eigenvalue weighted by Crippen LogP contribution is 2.28. The number of hydrogen-bond donors (Lipinski definition) is 1. The molecule has 0 aliphatic rings. The molecule has 0 spiro atoms. The minimum atomic E-state index is -0.186. The second kappa shape index (κ2) is 9.65. The summed E-state index contributed by atoms with van der Waals surface area (Å²) in [5.41, 5.74) is 1.53. The van der Waals surface area contributed by atoms with Crippen molar-refractivity contribution in [3.8, 4) is 11.5 Å². The molecule has 0 radical (unpaired) electrons. The smallest absolute Gasteiger partial charge is 0.253 e. The van der Waals surface area contributed by atoms with Crippen molar-refractivity contribution in [1.29, 1.82) is 0 Å². The molecule has 1 aromatic heterocycles. The van der Waals surface area contributed by atoms with Gasteiger partial charge >= 0.3 is 0 Å². The van der Waals surface area contributed by atoms with Crippen LogP contribution >= 0.6 is 0 Å². The molecule has 0 bridgehead atoms. The van der Waals surface area contributed by atoms with E-state index in [1.807, 2.05) is 32.0 Å². The van der Waals surface area contributed by atoms with E-state index in [0.717, 1.165) is 11.3 Å². The number of ether oxygens (including phenoxy) is 2. The van der Waals surface area contributed by atoms with Crippen LogP contribution in [0.1, 0.15) is 25.0 Å². The number of pyridine rings is 1. The molecule has 0 saturated heterocycles. The van der Waals surface area contributed by atoms with Gasteiger partial charge in [0, 0.05) is 18.3 Å². The summed E-state index contributed by atoms with van der Waals surface area (Å²) in [5.74, 6) is 1.25. The Balaban J connectivity index is 1.90. The Morgan fingerprint density at radius 3 is 2.58 bits per heavy atom. The molecule has 1 amide bonds. The molecule has 1 heterocycles. The summed E-state index contributed by atoms with van der Waals surface area (Å²) in [6.07, 6.45) is 2.29. The van der Waals surface area contributed by atoms with Gasteiger partial charge < -0.3 is 19.4 Å². The predicted octanol–water partition coefficient (Wildman–Crippen LogP) is 2.31. The molecule has 0 aliphatic heterocycles. The van der Waals surface area contributed by atoms with Crippen LogP contribution in [-0.2, 0) is 17.8 Å². The molecule has 1 aromatic carbocycles. The monoisotopic (exact) mass is 358 g/mol. The number of rotatable bonds is 9. The first-order valence-corrected chi connectivity index (χ1v) is 8.86. The zero-order chi connectivity index (χ0) is 18.9. The fourth-order valence-electron chi connectivity index (χ4n) is 2.59. The highest BCUT2D eigenvalue weighted by Gasteiger charge is 2.08. The first-order valence-electron chi connectivity index (χ1n) is 8.86. The van der Waals surface area contributed by atoms with Gasteiger partial charge in [-0.05, 0) is 51.0 Å². The van der Waals surface area contributed by atoms with Crippen LogP contribution in [0.15, 0.2) is 41.3 Å². The Hall–Kier alpha value is -2.76. The van der Waals surface area contributed by atoms with Crippen LogP contribution in [0.4, 0.5) is 0 Å². The maximum Gasteiger partial charge on any atom is 0.253 e. The number of aromatic nitrogens is 1. The SMILES string of the molecule is CCOc1ccc(CCNC(=O)Cn2cccc(C)c2=O)cc1OCC. The van der Waals surface area contributed by atoms with Crippen molar-refractivity contribution in [3.63, 3.8) is 0 Å². The van der Waals surface area contributed by atoms with E-state index in [-0.39, 0.29) is 18.0 Å². The van der Waals surface area contributed by atoms with Crippen molar-refractivity contribution in [1.82, 2.24) is 9.88 Å². The molecule has 1 N–H and O–H groups in total. The number of carbonyl (C=O) groups excluding carboxylic acids is 1. The van der Waals surface area contributed by atoms with E-state index in [0.29, 0.717) is 37.5 Å². The average Bonchev–Trinajstić information content (AvgIpc) is 2.61. The molecule has 0 atom stereocenters. The summed E-state index contributed by atoms with van der Waals surface area (Å²) in [7, 11) is 0. The van der Waals surface area contributed by atoms with Gasteiger partial charge in [-0.1, -0.05) is 12.1 Å². The first-order chi connectivity index (χ1) is 12.5. The van der Waals surface area contributed by atoms with E-state index in [4.69, 9.17) is 9.47 Å². The predicted molar refractivity (Wildman–Crippen MR) is 101 cm³/mol. The van der Waals surface area contributed by atoms with Crippen molar-refractivity contribution in [3.05, 3.63) is 58.0 Å². The van der Waals surface area contributed by atoms with E-state index in [1.54, 1.807) is 25.3 Å². The standard InChI is InChI=1S/C20H26N2O4/c1-4-25-17-9-8-16(13-18(17)26-5-2)10-11-21-19(23)14-22-12-6-7-15(3)20(22)24/h6-9,12-13H,4-5,10-11,14H2,1-3H3,(H,21,23). The second-order valence-electron chi connectivity index (χ2n) is 5.87. The molecule has 140 valence electrons. The largest absolute Gasteiger partial charge is 0.490 e. The molecule has 2 rings (SSSR count). The molecule has 2 aromatic rings. The summed E-state index contributed by atoms with van der Waals surface area (Å²) >= 11 is 0. The third kappa shape index (κ3) is 5.37. The molecule has 0 unspecified atom stereocenters. The number of nitrogens with zero attached hydrogens (tertiary/aromatic N) is 1. The number of nitrogens with one attached hydrogen (secondary N) is 1. The van der Waals surface area contributed by atoms with E-state index >= 15 is 0 Å². The van der Waals surface area contributed by atoms with Crippen LogP contribution in [0.2, 0.25) is 0 Å². The number of aryl methyl sites for hydroxylation is 1. The minimum Gasteiger partial charge on any atom is -0.490 e. The fraction of sp³-hybridized carbons (Fsp3) is 0.400. The molecule has 6 nitrogen and oxygen atoms in total. The van der Waals surface area contributed by atoms with Crippen LogP contribution in [0.3, 0.4) is 0 Å².